The molecule has 0 aliphatic rings. The van der Waals surface area contributed by atoms with Gasteiger partial charge in [-0.1, -0.05) is 38.3 Å². The van der Waals surface area contributed by atoms with Crippen molar-refractivity contribution in [3.63, 3.8) is 0 Å². The van der Waals surface area contributed by atoms with Crippen LogP contribution in [0.25, 0.3) is 0 Å². The molecule has 2 nitrogen and oxygen atoms in total. The van der Waals surface area contributed by atoms with E-state index < -0.39 is 0 Å². The van der Waals surface area contributed by atoms with Crippen molar-refractivity contribution in [2.75, 3.05) is 20.7 Å². The van der Waals surface area contributed by atoms with E-state index in [1.807, 2.05) is 0 Å². The van der Waals surface area contributed by atoms with Crippen molar-refractivity contribution in [3.8, 4) is 5.75 Å². The van der Waals surface area contributed by atoms with E-state index in [1.54, 1.807) is 0 Å². The third-order valence-electron chi connectivity index (χ3n) is 2.69. The summed E-state index contributed by atoms with van der Waals surface area (Å²) in [5.74, 6) is 0.990. The molecule has 1 rings (SSSR count). The van der Waals surface area contributed by atoms with Crippen molar-refractivity contribution in [1.29, 1.82) is 0 Å². The summed E-state index contributed by atoms with van der Waals surface area (Å²) in [6.45, 7) is 4.05. The number of rotatable bonds is 8. The molecule has 0 aliphatic carbocycles. The fourth-order valence-electron chi connectivity index (χ4n) is 1.78. The smallest absolute Gasteiger partial charge is 0.119 e. The van der Waals surface area contributed by atoms with Crippen molar-refractivity contribution >= 4 is 0 Å². The maximum atomic E-state index is 5.70. The fourth-order valence-corrected chi connectivity index (χ4v) is 1.78. The second kappa shape index (κ2) is 8.13. The topological polar surface area (TPSA) is 12.5 Å². The Kier molecular flexibility index (Phi) is 6.71. The standard InChI is InChI=1S/C15H25NO/c1-4-5-6-7-12-17-15-10-8-14(9-11-15)13-16(2)3/h8-11H,4-7,12-13H2,1-3H3. The van der Waals surface area contributed by atoms with Gasteiger partial charge in [0.05, 0.1) is 6.61 Å². The largest absolute Gasteiger partial charge is 0.494 e. The average molecular weight is 235 g/mol. The van der Waals surface area contributed by atoms with Crippen LogP contribution in [0.5, 0.6) is 5.75 Å². The molecule has 1 aromatic rings. The monoisotopic (exact) mass is 235 g/mol. The van der Waals surface area contributed by atoms with Crippen LogP contribution in [0.15, 0.2) is 24.3 Å². The Bertz CT molecular complexity index is 292. The summed E-state index contributed by atoms with van der Waals surface area (Å²) in [5.41, 5.74) is 1.33. The quantitative estimate of drug-likeness (QED) is 0.637. The van der Waals surface area contributed by atoms with Crippen molar-refractivity contribution < 1.29 is 4.74 Å². The Labute approximate surface area is 106 Å². The van der Waals surface area contributed by atoms with E-state index in [2.05, 4.69) is 50.2 Å². The zero-order valence-corrected chi connectivity index (χ0v) is 11.4. The van der Waals surface area contributed by atoms with Crippen LogP contribution in [0.4, 0.5) is 0 Å². The number of nitrogens with zero attached hydrogens (tertiary/aromatic N) is 1. The first-order valence-electron chi connectivity index (χ1n) is 6.59. The molecule has 0 aliphatic heterocycles. The van der Waals surface area contributed by atoms with Crippen LogP contribution in [-0.4, -0.2) is 25.6 Å². The van der Waals surface area contributed by atoms with E-state index in [-0.39, 0.29) is 0 Å². The summed E-state index contributed by atoms with van der Waals surface area (Å²) in [6, 6.07) is 8.42. The second-order valence-electron chi connectivity index (χ2n) is 4.79. The van der Waals surface area contributed by atoms with Gasteiger partial charge in [-0.25, -0.2) is 0 Å². The van der Waals surface area contributed by atoms with Crippen LogP contribution < -0.4 is 4.74 Å². The van der Waals surface area contributed by atoms with Gasteiger partial charge < -0.3 is 9.64 Å². The minimum Gasteiger partial charge on any atom is -0.494 e. The van der Waals surface area contributed by atoms with Crippen LogP contribution in [0.3, 0.4) is 0 Å². The molecule has 1 aromatic carbocycles. The second-order valence-corrected chi connectivity index (χ2v) is 4.79. The zero-order chi connectivity index (χ0) is 12.5. The summed E-state index contributed by atoms with van der Waals surface area (Å²) in [7, 11) is 4.16. The molecule has 0 amide bonds. The Balaban J connectivity index is 2.25. The SMILES string of the molecule is CCCCCCOc1ccc(CN(C)C)cc1. The van der Waals surface area contributed by atoms with Gasteiger partial charge in [0.1, 0.15) is 5.75 Å². The van der Waals surface area contributed by atoms with E-state index in [4.69, 9.17) is 4.74 Å². The van der Waals surface area contributed by atoms with E-state index in [0.29, 0.717) is 0 Å². The first-order chi connectivity index (χ1) is 8.22. The molecule has 2 heteroatoms. The molecule has 0 unspecified atom stereocenters. The summed E-state index contributed by atoms with van der Waals surface area (Å²) in [4.78, 5) is 2.17. The summed E-state index contributed by atoms with van der Waals surface area (Å²) in [6.07, 6.45) is 5.02. The Hall–Kier alpha value is -1.02. The van der Waals surface area contributed by atoms with Crippen molar-refractivity contribution in [2.45, 2.75) is 39.2 Å². The highest BCUT2D eigenvalue weighted by Crippen LogP contribution is 2.13. The van der Waals surface area contributed by atoms with Gasteiger partial charge in [0.25, 0.3) is 0 Å². The van der Waals surface area contributed by atoms with Crippen LogP contribution in [-0.2, 0) is 6.54 Å². The number of hydrogen-bond donors (Lipinski definition) is 0. The molecule has 0 spiro atoms. The molecule has 0 saturated carbocycles. The van der Waals surface area contributed by atoms with Crippen molar-refractivity contribution in [1.82, 2.24) is 4.90 Å². The molecule has 0 heterocycles. The maximum Gasteiger partial charge on any atom is 0.119 e. The summed E-state index contributed by atoms with van der Waals surface area (Å²) in [5, 5.41) is 0. The van der Waals surface area contributed by atoms with E-state index in [0.717, 1.165) is 25.3 Å². The highest BCUT2D eigenvalue weighted by atomic mass is 16.5. The van der Waals surface area contributed by atoms with Gasteiger partial charge in [0.2, 0.25) is 0 Å². The van der Waals surface area contributed by atoms with Crippen LogP contribution in [0, 0.1) is 0 Å². The van der Waals surface area contributed by atoms with Crippen LogP contribution in [0.2, 0.25) is 0 Å². The maximum absolute atomic E-state index is 5.70. The molecule has 96 valence electrons. The van der Waals surface area contributed by atoms with Gasteiger partial charge in [-0.05, 0) is 38.2 Å². The first-order valence-corrected chi connectivity index (χ1v) is 6.59. The molecule has 17 heavy (non-hydrogen) atoms. The lowest BCUT2D eigenvalue weighted by molar-refractivity contribution is 0.305. The average Bonchev–Trinajstić information content (AvgIpc) is 2.30. The van der Waals surface area contributed by atoms with Gasteiger partial charge in [-0.2, -0.15) is 0 Å². The predicted octanol–water partition coefficient (Wildman–Crippen LogP) is 3.71. The first kappa shape index (κ1) is 14.0. The van der Waals surface area contributed by atoms with Gasteiger partial charge in [-0.3, -0.25) is 0 Å². The molecule has 0 radical (unpaired) electrons. The highest BCUT2D eigenvalue weighted by Gasteiger charge is 1.97. The Morgan fingerprint density at radius 1 is 1.00 bits per heavy atom. The lowest BCUT2D eigenvalue weighted by atomic mass is 10.2. The fraction of sp³-hybridized carbons (Fsp3) is 0.600. The summed E-state index contributed by atoms with van der Waals surface area (Å²) >= 11 is 0. The molecule has 0 bridgehead atoms. The minimum atomic E-state index is 0.840. The number of ether oxygens (including phenoxy) is 1. The van der Waals surface area contributed by atoms with Gasteiger partial charge >= 0.3 is 0 Å². The zero-order valence-electron chi connectivity index (χ0n) is 11.4. The van der Waals surface area contributed by atoms with Crippen LogP contribution in [0.1, 0.15) is 38.2 Å². The van der Waals surface area contributed by atoms with Crippen molar-refractivity contribution in [3.05, 3.63) is 29.8 Å². The van der Waals surface area contributed by atoms with Crippen molar-refractivity contribution in [2.24, 2.45) is 0 Å². The lowest BCUT2D eigenvalue weighted by Crippen LogP contribution is -2.10. The normalized spacial score (nSPS) is 10.8. The van der Waals surface area contributed by atoms with Gasteiger partial charge in [0, 0.05) is 6.54 Å². The molecule has 0 atom stereocenters. The molecule has 0 aromatic heterocycles. The Morgan fingerprint density at radius 3 is 2.29 bits per heavy atom. The summed E-state index contributed by atoms with van der Waals surface area (Å²) < 4.78 is 5.70. The highest BCUT2D eigenvalue weighted by molar-refractivity contribution is 5.27. The Morgan fingerprint density at radius 2 is 1.71 bits per heavy atom. The van der Waals surface area contributed by atoms with Crippen LogP contribution >= 0.6 is 0 Å². The minimum absolute atomic E-state index is 0.840. The number of unbranched alkanes of at least 4 members (excludes halogenated alkanes) is 3. The number of hydrogen-bond acceptors (Lipinski definition) is 2. The van der Waals surface area contributed by atoms with Gasteiger partial charge in [0.15, 0.2) is 0 Å². The van der Waals surface area contributed by atoms with E-state index in [9.17, 15) is 0 Å². The number of benzene rings is 1. The van der Waals surface area contributed by atoms with Gasteiger partial charge in [-0.15, -0.1) is 0 Å². The van der Waals surface area contributed by atoms with E-state index in [1.165, 1.54) is 24.8 Å². The third-order valence-corrected chi connectivity index (χ3v) is 2.69. The third kappa shape index (κ3) is 6.32. The molecule has 0 N–H and O–H groups in total. The van der Waals surface area contributed by atoms with E-state index >= 15 is 0 Å². The molecule has 0 fully saturated rings. The molecular weight excluding hydrogens is 210 g/mol. The molecule has 0 saturated heterocycles. The lowest BCUT2D eigenvalue weighted by Gasteiger charge is -2.10. The molecular formula is C15H25NO. The predicted molar refractivity (Wildman–Crippen MR) is 73.5 cm³/mol.